The molecule has 27 heavy (non-hydrogen) atoms. The summed E-state index contributed by atoms with van der Waals surface area (Å²) >= 11 is 0. The van der Waals surface area contributed by atoms with Crippen molar-refractivity contribution in [1.82, 2.24) is 0 Å². The van der Waals surface area contributed by atoms with Crippen LogP contribution in [0, 0.1) is 0 Å². The van der Waals surface area contributed by atoms with Crippen LogP contribution in [0.4, 0.5) is 17.1 Å². The SMILES string of the molecule is COC(=O)c1ccc(NCC(=O)Nc2ccc(N3CCCCC3)cc2)cc1. The van der Waals surface area contributed by atoms with Crippen molar-refractivity contribution in [3.8, 4) is 0 Å². The Morgan fingerprint density at radius 2 is 1.56 bits per heavy atom. The zero-order valence-electron chi connectivity index (χ0n) is 15.5. The quantitative estimate of drug-likeness (QED) is 0.765. The lowest BCUT2D eigenvalue weighted by Crippen LogP contribution is -2.29. The summed E-state index contributed by atoms with van der Waals surface area (Å²) < 4.78 is 4.66. The minimum Gasteiger partial charge on any atom is -0.465 e. The lowest BCUT2D eigenvalue weighted by molar-refractivity contribution is -0.114. The molecule has 0 unspecified atom stereocenters. The highest BCUT2D eigenvalue weighted by Crippen LogP contribution is 2.21. The number of anilines is 3. The zero-order chi connectivity index (χ0) is 19.1. The number of esters is 1. The van der Waals surface area contributed by atoms with Crippen LogP contribution in [0.5, 0.6) is 0 Å². The molecule has 0 aliphatic carbocycles. The van der Waals surface area contributed by atoms with E-state index in [1.807, 2.05) is 12.1 Å². The van der Waals surface area contributed by atoms with Gasteiger partial charge >= 0.3 is 5.97 Å². The Bertz CT molecular complexity index is 766. The van der Waals surface area contributed by atoms with E-state index in [4.69, 9.17) is 0 Å². The summed E-state index contributed by atoms with van der Waals surface area (Å²) in [5.41, 5.74) is 3.22. The molecule has 1 aliphatic heterocycles. The van der Waals surface area contributed by atoms with Gasteiger partial charge in [0, 0.05) is 30.2 Å². The standard InChI is InChI=1S/C21H25N3O3/c1-27-21(26)16-5-7-17(8-6-16)22-15-20(25)23-18-9-11-19(12-10-18)24-13-3-2-4-14-24/h5-12,22H,2-4,13-15H2,1H3,(H,23,25). The maximum absolute atomic E-state index is 12.1. The molecule has 0 bridgehead atoms. The predicted octanol–water partition coefficient (Wildman–Crippen LogP) is 3.51. The molecular weight excluding hydrogens is 342 g/mol. The van der Waals surface area contributed by atoms with Crippen LogP contribution in [0.1, 0.15) is 29.6 Å². The van der Waals surface area contributed by atoms with Crippen molar-refractivity contribution >= 4 is 28.9 Å². The molecular formula is C21H25N3O3. The van der Waals surface area contributed by atoms with Gasteiger partial charge in [-0.1, -0.05) is 0 Å². The second kappa shape index (κ2) is 9.07. The molecule has 6 nitrogen and oxygen atoms in total. The Labute approximate surface area is 159 Å². The van der Waals surface area contributed by atoms with Crippen LogP contribution in [0.3, 0.4) is 0 Å². The van der Waals surface area contributed by atoms with Gasteiger partial charge in [0.15, 0.2) is 0 Å². The molecule has 0 radical (unpaired) electrons. The van der Waals surface area contributed by atoms with Crippen molar-refractivity contribution in [3.05, 3.63) is 54.1 Å². The van der Waals surface area contributed by atoms with Crippen molar-refractivity contribution in [2.24, 2.45) is 0 Å². The third-order valence-corrected chi connectivity index (χ3v) is 4.63. The molecule has 1 saturated heterocycles. The number of methoxy groups -OCH3 is 1. The first-order valence-electron chi connectivity index (χ1n) is 9.23. The second-order valence-corrected chi connectivity index (χ2v) is 6.57. The molecule has 1 aliphatic rings. The van der Waals surface area contributed by atoms with Crippen LogP contribution < -0.4 is 15.5 Å². The summed E-state index contributed by atoms with van der Waals surface area (Å²) in [5, 5.41) is 5.93. The summed E-state index contributed by atoms with van der Waals surface area (Å²) in [6, 6.07) is 14.8. The maximum atomic E-state index is 12.1. The smallest absolute Gasteiger partial charge is 0.337 e. The Kier molecular flexibility index (Phi) is 6.30. The number of carbonyl (C=O) groups excluding carboxylic acids is 2. The fourth-order valence-electron chi connectivity index (χ4n) is 3.14. The molecule has 2 aromatic carbocycles. The molecule has 0 saturated carbocycles. The predicted molar refractivity (Wildman–Crippen MR) is 107 cm³/mol. The highest BCUT2D eigenvalue weighted by molar-refractivity contribution is 5.94. The van der Waals surface area contributed by atoms with Crippen LogP contribution in [-0.2, 0) is 9.53 Å². The summed E-state index contributed by atoms with van der Waals surface area (Å²) in [5.74, 6) is -0.509. The highest BCUT2D eigenvalue weighted by Gasteiger charge is 2.11. The molecule has 0 spiro atoms. The van der Waals surface area contributed by atoms with Crippen molar-refractivity contribution in [1.29, 1.82) is 0 Å². The van der Waals surface area contributed by atoms with Crippen LogP contribution in [0.25, 0.3) is 0 Å². The number of piperidine rings is 1. The van der Waals surface area contributed by atoms with Gasteiger partial charge in [-0.05, 0) is 67.8 Å². The van der Waals surface area contributed by atoms with Crippen LogP contribution >= 0.6 is 0 Å². The average Bonchev–Trinajstić information content (AvgIpc) is 2.73. The fraction of sp³-hybridized carbons (Fsp3) is 0.333. The number of benzene rings is 2. The van der Waals surface area contributed by atoms with Gasteiger partial charge in [-0.15, -0.1) is 0 Å². The van der Waals surface area contributed by atoms with Gasteiger partial charge in [0.2, 0.25) is 5.91 Å². The number of amides is 1. The number of hydrogen-bond donors (Lipinski definition) is 2. The number of nitrogens with one attached hydrogen (secondary N) is 2. The molecule has 1 heterocycles. The molecule has 1 amide bonds. The molecule has 3 rings (SSSR count). The number of hydrogen-bond acceptors (Lipinski definition) is 5. The van der Waals surface area contributed by atoms with Crippen molar-refractivity contribution in [3.63, 3.8) is 0 Å². The molecule has 0 aromatic heterocycles. The summed E-state index contributed by atoms with van der Waals surface area (Å²) in [7, 11) is 1.35. The van der Waals surface area contributed by atoms with Gasteiger partial charge in [-0.25, -0.2) is 4.79 Å². The van der Waals surface area contributed by atoms with Crippen molar-refractivity contribution < 1.29 is 14.3 Å². The topological polar surface area (TPSA) is 70.7 Å². The zero-order valence-corrected chi connectivity index (χ0v) is 15.5. The van der Waals surface area contributed by atoms with Gasteiger partial charge in [-0.3, -0.25) is 4.79 Å². The van der Waals surface area contributed by atoms with E-state index in [9.17, 15) is 9.59 Å². The first-order valence-corrected chi connectivity index (χ1v) is 9.23. The highest BCUT2D eigenvalue weighted by atomic mass is 16.5. The third-order valence-electron chi connectivity index (χ3n) is 4.63. The van der Waals surface area contributed by atoms with Gasteiger partial charge in [0.05, 0.1) is 19.2 Å². The van der Waals surface area contributed by atoms with Gasteiger partial charge in [-0.2, -0.15) is 0 Å². The molecule has 6 heteroatoms. The second-order valence-electron chi connectivity index (χ2n) is 6.57. The van der Waals surface area contributed by atoms with Crippen molar-refractivity contribution in [2.45, 2.75) is 19.3 Å². The van der Waals surface area contributed by atoms with E-state index in [0.717, 1.165) is 24.5 Å². The van der Waals surface area contributed by atoms with E-state index >= 15 is 0 Å². The fourth-order valence-corrected chi connectivity index (χ4v) is 3.14. The van der Waals surface area contributed by atoms with E-state index in [1.54, 1.807) is 24.3 Å². The van der Waals surface area contributed by atoms with Gasteiger partial charge < -0.3 is 20.3 Å². The summed E-state index contributed by atoms with van der Waals surface area (Å²) in [6.45, 7) is 2.35. The van der Waals surface area contributed by atoms with E-state index in [-0.39, 0.29) is 18.4 Å². The monoisotopic (exact) mass is 367 g/mol. The van der Waals surface area contributed by atoms with Crippen molar-refractivity contribution in [2.75, 3.05) is 42.3 Å². The Balaban J connectivity index is 1.48. The lowest BCUT2D eigenvalue weighted by atomic mass is 10.1. The van der Waals surface area contributed by atoms with Gasteiger partial charge in [0.25, 0.3) is 0 Å². The van der Waals surface area contributed by atoms with Crippen LogP contribution in [-0.4, -0.2) is 38.6 Å². The molecule has 2 N–H and O–H groups in total. The number of carbonyl (C=O) groups is 2. The molecule has 0 atom stereocenters. The van der Waals surface area contributed by atoms with E-state index < -0.39 is 0 Å². The summed E-state index contributed by atoms with van der Waals surface area (Å²) in [4.78, 5) is 25.9. The third kappa shape index (κ3) is 5.23. The molecule has 2 aromatic rings. The van der Waals surface area contributed by atoms with E-state index in [0.29, 0.717) is 5.56 Å². The largest absolute Gasteiger partial charge is 0.465 e. The number of ether oxygens (including phenoxy) is 1. The first-order chi connectivity index (χ1) is 13.2. The first kappa shape index (κ1) is 18.8. The Morgan fingerprint density at radius 1 is 0.926 bits per heavy atom. The lowest BCUT2D eigenvalue weighted by Gasteiger charge is -2.28. The van der Waals surface area contributed by atoms with Crippen LogP contribution in [0.15, 0.2) is 48.5 Å². The normalized spacial score (nSPS) is 13.7. The maximum Gasteiger partial charge on any atom is 0.337 e. The number of rotatable bonds is 6. The molecule has 142 valence electrons. The average molecular weight is 367 g/mol. The Morgan fingerprint density at radius 3 is 2.19 bits per heavy atom. The summed E-state index contributed by atoms with van der Waals surface area (Å²) in [6.07, 6.45) is 3.79. The van der Waals surface area contributed by atoms with Crippen LogP contribution in [0.2, 0.25) is 0 Å². The Hall–Kier alpha value is -3.02. The number of nitrogens with zero attached hydrogens (tertiary/aromatic N) is 1. The molecule has 1 fully saturated rings. The minimum absolute atomic E-state index is 0.127. The van der Waals surface area contributed by atoms with E-state index in [2.05, 4.69) is 32.4 Å². The van der Waals surface area contributed by atoms with Gasteiger partial charge in [0.1, 0.15) is 0 Å². The minimum atomic E-state index is -0.382. The van der Waals surface area contributed by atoms with E-state index in [1.165, 1.54) is 32.1 Å².